The lowest BCUT2D eigenvalue weighted by Crippen LogP contribution is -2.23. The lowest BCUT2D eigenvalue weighted by Gasteiger charge is -2.18. The molecule has 0 radical (unpaired) electrons. The molecule has 2 nitrogen and oxygen atoms in total. The second-order valence-electron chi connectivity index (χ2n) is 4.48. The molecule has 102 valence electrons. The Balaban J connectivity index is 2.26. The van der Waals surface area contributed by atoms with Crippen molar-refractivity contribution >= 4 is 11.6 Å². The van der Waals surface area contributed by atoms with Crippen molar-refractivity contribution in [3.05, 3.63) is 58.3 Å². The Bertz CT molecular complexity index is 553. The summed E-state index contributed by atoms with van der Waals surface area (Å²) in [6.07, 6.45) is 2.30. The molecular formula is C15H17ClFNO. The van der Waals surface area contributed by atoms with Crippen LogP contribution in [-0.2, 0) is 6.42 Å². The quantitative estimate of drug-likeness (QED) is 0.885. The molecule has 19 heavy (non-hydrogen) atoms. The topological polar surface area (TPSA) is 25.2 Å². The minimum absolute atomic E-state index is 0.0723. The van der Waals surface area contributed by atoms with Gasteiger partial charge in [-0.05, 0) is 49.7 Å². The smallest absolute Gasteiger partial charge is 0.123 e. The van der Waals surface area contributed by atoms with Crippen LogP contribution in [0.3, 0.4) is 0 Å². The molecule has 0 spiro atoms. The normalized spacial score (nSPS) is 12.6. The van der Waals surface area contributed by atoms with Gasteiger partial charge in [-0.1, -0.05) is 18.5 Å². The van der Waals surface area contributed by atoms with Crippen molar-refractivity contribution in [3.8, 4) is 0 Å². The summed E-state index contributed by atoms with van der Waals surface area (Å²) in [4.78, 5) is 0. The summed E-state index contributed by atoms with van der Waals surface area (Å²) in [5, 5.41) is 3.97. The third-order valence-electron chi connectivity index (χ3n) is 3.16. The van der Waals surface area contributed by atoms with E-state index in [1.807, 2.05) is 19.9 Å². The van der Waals surface area contributed by atoms with Crippen molar-refractivity contribution < 1.29 is 8.81 Å². The van der Waals surface area contributed by atoms with Gasteiger partial charge in [0, 0.05) is 16.6 Å². The molecule has 1 aromatic carbocycles. The van der Waals surface area contributed by atoms with Gasteiger partial charge < -0.3 is 9.73 Å². The van der Waals surface area contributed by atoms with E-state index in [-0.39, 0.29) is 11.9 Å². The van der Waals surface area contributed by atoms with E-state index in [0.29, 0.717) is 11.4 Å². The Morgan fingerprint density at radius 3 is 2.79 bits per heavy atom. The van der Waals surface area contributed by atoms with Gasteiger partial charge >= 0.3 is 0 Å². The van der Waals surface area contributed by atoms with Gasteiger partial charge in [-0.2, -0.15) is 0 Å². The van der Waals surface area contributed by atoms with E-state index in [0.717, 1.165) is 23.4 Å². The van der Waals surface area contributed by atoms with Crippen LogP contribution in [0.1, 0.15) is 29.9 Å². The Morgan fingerprint density at radius 2 is 2.16 bits per heavy atom. The maximum Gasteiger partial charge on any atom is 0.123 e. The van der Waals surface area contributed by atoms with E-state index in [9.17, 15) is 4.39 Å². The second-order valence-corrected chi connectivity index (χ2v) is 4.89. The van der Waals surface area contributed by atoms with Gasteiger partial charge in [0.05, 0.1) is 6.26 Å². The zero-order valence-electron chi connectivity index (χ0n) is 11.0. The number of hydrogen-bond acceptors (Lipinski definition) is 2. The summed E-state index contributed by atoms with van der Waals surface area (Å²) in [5.74, 6) is 0.608. The fourth-order valence-electron chi connectivity index (χ4n) is 2.21. The molecule has 1 N–H and O–H groups in total. The van der Waals surface area contributed by atoms with Gasteiger partial charge in [-0.3, -0.25) is 0 Å². The van der Waals surface area contributed by atoms with Crippen molar-refractivity contribution in [2.75, 3.05) is 6.54 Å². The molecule has 2 aromatic rings. The van der Waals surface area contributed by atoms with E-state index in [1.54, 1.807) is 12.3 Å². The zero-order valence-corrected chi connectivity index (χ0v) is 11.8. The average molecular weight is 282 g/mol. The van der Waals surface area contributed by atoms with Crippen LogP contribution in [0.5, 0.6) is 0 Å². The number of halogens is 2. The van der Waals surface area contributed by atoms with E-state index in [2.05, 4.69) is 5.32 Å². The highest BCUT2D eigenvalue weighted by Crippen LogP contribution is 2.26. The zero-order chi connectivity index (χ0) is 13.8. The fourth-order valence-corrected chi connectivity index (χ4v) is 2.41. The lowest BCUT2D eigenvalue weighted by molar-refractivity contribution is 0.501. The van der Waals surface area contributed by atoms with Gasteiger partial charge in [-0.25, -0.2) is 4.39 Å². The summed E-state index contributed by atoms with van der Waals surface area (Å²) in [6.45, 7) is 4.78. The van der Waals surface area contributed by atoms with E-state index >= 15 is 0 Å². The van der Waals surface area contributed by atoms with Gasteiger partial charge in [0.2, 0.25) is 0 Å². The molecule has 0 aliphatic heterocycles. The third-order valence-corrected chi connectivity index (χ3v) is 3.53. The molecule has 0 fully saturated rings. The number of furan rings is 1. The van der Waals surface area contributed by atoms with Crippen molar-refractivity contribution in [2.24, 2.45) is 0 Å². The average Bonchev–Trinajstić information content (AvgIpc) is 2.79. The highest BCUT2D eigenvalue weighted by atomic mass is 35.5. The molecule has 1 heterocycles. The maximum absolute atomic E-state index is 13.3. The molecule has 0 saturated heterocycles. The van der Waals surface area contributed by atoms with Crippen molar-refractivity contribution in [3.63, 3.8) is 0 Å². The van der Waals surface area contributed by atoms with Crippen LogP contribution < -0.4 is 5.32 Å². The third kappa shape index (κ3) is 3.37. The summed E-state index contributed by atoms with van der Waals surface area (Å²) in [5.41, 5.74) is 1.88. The molecule has 4 heteroatoms. The molecular weight excluding hydrogens is 265 g/mol. The molecule has 1 aromatic heterocycles. The van der Waals surface area contributed by atoms with Crippen LogP contribution in [0, 0.1) is 12.7 Å². The van der Waals surface area contributed by atoms with E-state index < -0.39 is 0 Å². The number of benzene rings is 1. The van der Waals surface area contributed by atoms with Crippen LogP contribution in [0.4, 0.5) is 4.39 Å². The summed E-state index contributed by atoms with van der Waals surface area (Å²) < 4.78 is 18.6. The monoisotopic (exact) mass is 281 g/mol. The van der Waals surface area contributed by atoms with Crippen molar-refractivity contribution in [1.29, 1.82) is 0 Å². The maximum atomic E-state index is 13.3. The van der Waals surface area contributed by atoms with Gasteiger partial charge in [0.15, 0.2) is 0 Å². The van der Waals surface area contributed by atoms with E-state index in [4.69, 9.17) is 16.0 Å². The summed E-state index contributed by atoms with van der Waals surface area (Å²) >= 11 is 6.12. The molecule has 0 aliphatic rings. The predicted molar refractivity (Wildman–Crippen MR) is 75.0 cm³/mol. The Kier molecular flexibility index (Phi) is 4.61. The molecule has 2 rings (SSSR count). The molecule has 1 atom stereocenters. The van der Waals surface area contributed by atoms with Crippen molar-refractivity contribution in [2.45, 2.75) is 26.3 Å². The first kappa shape index (κ1) is 14.1. The summed E-state index contributed by atoms with van der Waals surface area (Å²) in [6, 6.07) is 6.47. The minimum Gasteiger partial charge on any atom is -0.469 e. The largest absolute Gasteiger partial charge is 0.469 e. The first-order valence-electron chi connectivity index (χ1n) is 6.33. The molecule has 0 aliphatic carbocycles. The molecule has 1 unspecified atom stereocenters. The van der Waals surface area contributed by atoms with Gasteiger partial charge in [0.25, 0.3) is 0 Å². The first-order chi connectivity index (χ1) is 9.11. The van der Waals surface area contributed by atoms with E-state index in [1.165, 1.54) is 12.1 Å². The second kappa shape index (κ2) is 6.22. The van der Waals surface area contributed by atoms with Crippen LogP contribution >= 0.6 is 11.6 Å². The first-order valence-corrected chi connectivity index (χ1v) is 6.71. The van der Waals surface area contributed by atoms with Gasteiger partial charge in [-0.15, -0.1) is 0 Å². The number of hydrogen-bond donors (Lipinski definition) is 1. The Labute approximate surface area is 117 Å². The minimum atomic E-state index is -0.265. The Morgan fingerprint density at radius 1 is 1.37 bits per heavy atom. The van der Waals surface area contributed by atoms with Gasteiger partial charge in [0.1, 0.15) is 11.6 Å². The number of nitrogens with one attached hydrogen (secondary N) is 1. The molecule has 0 saturated carbocycles. The standard InChI is InChI=1S/C15H17ClFNO/c1-3-18-15(13-6-7-19-10(13)2)9-11-8-12(17)4-5-14(11)16/h4-8,15,18H,3,9H2,1-2H3. The van der Waals surface area contributed by atoms with Crippen LogP contribution in [0.2, 0.25) is 5.02 Å². The number of rotatable bonds is 5. The lowest BCUT2D eigenvalue weighted by atomic mass is 9.99. The Hall–Kier alpha value is -1.32. The molecule has 0 amide bonds. The van der Waals surface area contributed by atoms with Crippen LogP contribution in [-0.4, -0.2) is 6.54 Å². The fraction of sp³-hybridized carbons (Fsp3) is 0.333. The number of likely N-dealkylation sites (N-methyl/N-ethyl adjacent to an activating group) is 1. The van der Waals surface area contributed by atoms with Crippen molar-refractivity contribution in [1.82, 2.24) is 5.32 Å². The number of aryl methyl sites for hydroxylation is 1. The SMILES string of the molecule is CCNC(Cc1cc(F)ccc1Cl)c1ccoc1C. The highest BCUT2D eigenvalue weighted by Gasteiger charge is 2.17. The van der Waals surface area contributed by atoms with Crippen LogP contribution in [0.15, 0.2) is 34.9 Å². The van der Waals surface area contributed by atoms with Crippen LogP contribution in [0.25, 0.3) is 0 Å². The highest BCUT2D eigenvalue weighted by molar-refractivity contribution is 6.31. The molecule has 0 bridgehead atoms. The summed E-state index contributed by atoms with van der Waals surface area (Å²) in [7, 11) is 0. The predicted octanol–water partition coefficient (Wildman–Crippen LogP) is 4.27.